The zero-order valence-electron chi connectivity index (χ0n) is 12.0. The number of amides is 1. The quantitative estimate of drug-likeness (QED) is 0.628. The van der Waals surface area contributed by atoms with Crippen LogP contribution >= 0.6 is 27.5 Å². The normalized spacial score (nSPS) is 14.4. The fraction of sp³-hybridized carbons (Fsp3) is 0.231. The number of hydrogen-bond acceptors (Lipinski definition) is 5. The fourth-order valence-electron chi connectivity index (χ4n) is 2.59. The van der Waals surface area contributed by atoms with E-state index in [1.807, 2.05) is 4.57 Å². The van der Waals surface area contributed by atoms with E-state index in [1.165, 1.54) is 10.7 Å². The Hall–Kier alpha value is -2.13. The van der Waals surface area contributed by atoms with Gasteiger partial charge in [0.2, 0.25) is 5.95 Å². The van der Waals surface area contributed by atoms with Crippen molar-refractivity contribution in [3.63, 3.8) is 0 Å². The molecule has 0 fully saturated rings. The first-order valence-electron chi connectivity index (χ1n) is 6.82. The standard InChI is InChI=1S/C13H11BrClN7O/c1-19-13-17-6-10(14)20(13)2-3-22(19)12(23)9-4-11-16-5-8(15)7-21(11)18-9/h4-7H,2-3H2,1H3. The topological polar surface area (TPSA) is 71.6 Å². The van der Waals surface area contributed by atoms with Gasteiger partial charge in [0.1, 0.15) is 4.60 Å². The van der Waals surface area contributed by atoms with Crippen LogP contribution < -0.4 is 5.01 Å². The first-order valence-corrected chi connectivity index (χ1v) is 7.99. The minimum Gasteiger partial charge on any atom is -0.302 e. The maximum absolute atomic E-state index is 12.8. The summed E-state index contributed by atoms with van der Waals surface area (Å²) in [5.41, 5.74) is 0.882. The largest absolute Gasteiger partial charge is 0.302 e. The first-order chi connectivity index (χ1) is 11.0. The summed E-state index contributed by atoms with van der Waals surface area (Å²) < 4.78 is 4.38. The van der Waals surface area contributed by atoms with E-state index in [0.29, 0.717) is 35.4 Å². The Morgan fingerprint density at radius 3 is 2.96 bits per heavy atom. The number of hydrogen-bond donors (Lipinski definition) is 0. The summed E-state index contributed by atoms with van der Waals surface area (Å²) >= 11 is 9.34. The molecule has 0 atom stereocenters. The summed E-state index contributed by atoms with van der Waals surface area (Å²) in [6.45, 7) is 1.18. The molecule has 0 radical (unpaired) electrons. The van der Waals surface area contributed by atoms with E-state index in [9.17, 15) is 4.79 Å². The van der Waals surface area contributed by atoms with Crippen molar-refractivity contribution < 1.29 is 4.79 Å². The highest BCUT2D eigenvalue weighted by Crippen LogP contribution is 2.25. The molecule has 4 rings (SSSR count). The minimum atomic E-state index is -0.209. The molecule has 0 saturated carbocycles. The highest BCUT2D eigenvalue weighted by Gasteiger charge is 2.29. The lowest BCUT2D eigenvalue weighted by Gasteiger charge is -2.36. The number of nitrogens with zero attached hydrogens (tertiary/aromatic N) is 7. The number of imidazole rings is 1. The highest BCUT2D eigenvalue weighted by atomic mass is 79.9. The van der Waals surface area contributed by atoms with Gasteiger partial charge in [0.25, 0.3) is 5.91 Å². The van der Waals surface area contributed by atoms with Crippen LogP contribution in [0.4, 0.5) is 5.95 Å². The van der Waals surface area contributed by atoms with Gasteiger partial charge in [-0.2, -0.15) is 5.10 Å². The van der Waals surface area contributed by atoms with Gasteiger partial charge in [-0.05, 0) is 15.9 Å². The van der Waals surface area contributed by atoms with Crippen LogP contribution in [0.3, 0.4) is 0 Å². The van der Waals surface area contributed by atoms with Gasteiger partial charge in [0.15, 0.2) is 11.3 Å². The van der Waals surface area contributed by atoms with Crippen LogP contribution in [0.2, 0.25) is 5.02 Å². The SMILES string of the molecule is CN1c2ncc(Br)n2CCN1C(=O)c1cc2ncc(Cl)cn2n1. The third-order valence-electron chi connectivity index (χ3n) is 3.71. The summed E-state index contributed by atoms with van der Waals surface area (Å²) in [5.74, 6) is 0.487. The lowest BCUT2D eigenvalue weighted by Crippen LogP contribution is -2.50. The molecule has 0 bridgehead atoms. The average Bonchev–Trinajstić information content (AvgIpc) is 3.11. The second kappa shape index (κ2) is 5.20. The van der Waals surface area contributed by atoms with Gasteiger partial charge in [-0.25, -0.2) is 19.5 Å². The summed E-state index contributed by atoms with van der Waals surface area (Å²) in [6.07, 6.45) is 4.86. The molecule has 8 nitrogen and oxygen atoms in total. The molecule has 23 heavy (non-hydrogen) atoms. The number of halogens is 2. The van der Waals surface area contributed by atoms with Crippen LogP contribution in [0.1, 0.15) is 10.5 Å². The zero-order valence-corrected chi connectivity index (χ0v) is 14.4. The first kappa shape index (κ1) is 14.5. The van der Waals surface area contributed by atoms with E-state index < -0.39 is 0 Å². The molecule has 3 aromatic rings. The van der Waals surface area contributed by atoms with E-state index in [0.717, 1.165) is 4.60 Å². The molecular weight excluding hydrogens is 386 g/mol. The average molecular weight is 397 g/mol. The van der Waals surface area contributed by atoms with Gasteiger partial charge in [0.05, 0.1) is 24.0 Å². The highest BCUT2D eigenvalue weighted by molar-refractivity contribution is 9.10. The number of rotatable bonds is 1. The second-order valence-corrected chi connectivity index (χ2v) is 6.34. The van der Waals surface area contributed by atoms with E-state index in [4.69, 9.17) is 11.6 Å². The van der Waals surface area contributed by atoms with E-state index in [-0.39, 0.29) is 5.91 Å². The fourth-order valence-corrected chi connectivity index (χ4v) is 3.17. The molecule has 0 spiro atoms. The number of carbonyl (C=O) groups excluding carboxylic acids is 1. The number of hydrazine groups is 1. The second-order valence-electron chi connectivity index (χ2n) is 5.09. The van der Waals surface area contributed by atoms with E-state index in [1.54, 1.807) is 35.5 Å². The molecular formula is C13H11BrClN7O. The minimum absolute atomic E-state index is 0.209. The van der Waals surface area contributed by atoms with Crippen molar-refractivity contribution in [1.82, 2.24) is 29.2 Å². The predicted molar refractivity (Wildman–Crippen MR) is 87.4 cm³/mol. The number of carbonyl (C=O) groups is 1. The Morgan fingerprint density at radius 1 is 1.30 bits per heavy atom. The van der Waals surface area contributed by atoms with Crippen LogP contribution in [0.25, 0.3) is 5.65 Å². The molecule has 0 N–H and O–H groups in total. The van der Waals surface area contributed by atoms with Crippen molar-refractivity contribution in [2.75, 3.05) is 18.6 Å². The molecule has 4 heterocycles. The molecule has 0 saturated heterocycles. The molecule has 0 aliphatic carbocycles. The van der Waals surface area contributed by atoms with Crippen molar-refractivity contribution in [1.29, 1.82) is 0 Å². The van der Waals surface area contributed by atoms with Crippen molar-refractivity contribution >= 4 is 45.0 Å². The third-order valence-corrected chi connectivity index (χ3v) is 4.54. The van der Waals surface area contributed by atoms with Crippen LogP contribution in [0.15, 0.2) is 29.3 Å². The third kappa shape index (κ3) is 2.27. The lowest BCUT2D eigenvalue weighted by molar-refractivity contribution is 0.0710. The summed E-state index contributed by atoms with van der Waals surface area (Å²) in [6, 6.07) is 1.64. The van der Waals surface area contributed by atoms with Crippen LogP contribution in [-0.2, 0) is 6.54 Å². The number of fused-ring (bicyclic) bond motifs is 2. The summed E-state index contributed by atoms with van der Waals surface area (Å²) in [4.78, 5) is 21.2. The monoisotopic (exact) mass is 395 g/mol. The van der Waals surface area contributed by atoms with Gasteiger partial charge in [-0.1, -0.05) is 11.6 Å². The van der Waals surface area contributed by atoms with Gasteiger partial charge >= 0.3 is 0 Å². The molecule has 0 aromatic carbocycles. The summed E-state index contributed by atoms with van der Waals surface area (Å²) in [5, 5.41) is 8.05. The maximum atomic E-state index is 12.8. The van der Waals surface area contributed by atoms with Gasteiger partial charge in [-0.15, -0.1) is 0 Å². The van der Waals surface area contributed by atoms with Crippen molar-refractivity contribution in [3.8, 4) is 0 Å². The Morgan fingerprint density at radius 2 is 2.13 bits per heavy atom. The Balaban J connectivity index is 1.68. The smallest absolute Gasteiger partial charge is 0.293 e. The Kier molecular flexibility index (Phi) is 3.27. The molecule has 1 aliphatic rings. The van der Waals surface area contributed by atoms with Crippen molar-refractivity contribution in [2.45, 2.75) is 6.54 Å². The van der Waals surface area contributed by atoms with Crippen LogP contribution in [0, 0.1) is 0 Å². The molecule has 3 aromatic heterocycles. The predicted octanol–water partition coefficient (Wildman–Crippen LogP) is 1.85. The molecule has 10 heteroatoms. The van der Waals surface area contributed by atoms with Gasteiger partial charge < -0.3 is 4.57 Å². The van der Waals surface area contributed by atoms with Gasteiger partial charge in [-0.3, -0.25) is 9.80 Å². The Bertz CT molecular complexity index is 920. The molecule has 0 unspecified atom stereocenters. The maximum Gasteiger partial charge on any atom is 0.293 e. The van der Waals surface area contributed by atoms with Crippen LogP contribution in [-0.4, -0.2) is 48.7 Å². The van der Waals surface area contributed by atoms with Crippen LogP contribution in [0.5, 0.6) is 0 Å². The van der Waals surface area contributed by atoms with Crippen molar-refractivity contribution in [3.05, 3.63) is 40.0 Å². The summed E-state index contributed by atoms with van der Waals surface area (Å²) in [7, 11) is 1.80. The Labute approximate surface area is 144 Å². The van der Waals surface area contributed by atoms with E-state index in [2.05, 4.69) is 31.0 Å². The number of anilines is 1. The molecule has 118 valence electrons. The van der Waals surface area contributed by atoms with Crippen molar-refractivity contribution in [2.24, 2.45) is 0 Å². The number of aromatic nitrogens is 5. The van der Waals surface area contributed by atoms with E-state index >= 15 is 0 Å². The lowest BCUT2D eigenvalue weighted by atomic mass is 10.3. The molecule has 1 amide bonds. The van der Waals surface area contributed by atoms with Gasteiger partial charge in [0, 0.05) is 25.9 Å². The zero-order chi connectivity index (χ0) is 16.1. The molecule has 1 aliphatic heterocycles.